The van der Waals surface area contributed by atoms with Crippen LogP contribution in [0.4, 0.5) is 0 Å². The molecule has 0 aromatic carbocycles. The van der Waals surface area contributed by atoms with E-state index in [0.717, 1.165) is 24.8 Å². The van der Waals surface area contributed by atoms with Gasteiger partial charge in [-0.15, -0.1) is 11.3 Å². The minimum atomic E-state index is -0.0222. The number of unbranched alkanes of at least 4 members (excludes halogenated alkanes) is 1. The molecule has 0 aliphatic carbocycles. The summed E-state index contributed by atoms with van der Waals surface area (Å²) < 4.78 is 2.40. The van der Waals surface area contributed by atoms with Gasteiger partial charge in [-0.05, 0) is 31.2 Å². The van der Waals surface area contributed by atoms with E-state index >= 15 is 0 Å². The van der Waals surface area contributed by atoms with Gasteiger partial charge in [0, 0.05) is 12.6 Å². The molecule has 126 valence electrons. The number of thioether (sulfide) groups is 1. The van der Waals surface area contributed by atoms with E-state index in [2.05, 4.69) is 17.2 Å². The van der Waals surface area contributed by atoms with Gasteiger partial charge in [-0.2, -0.15) is 0 Å². The maximum Gasteiger partial charge on any atom is 0.272 e. The number of rotatable bonds is 8. The van der Waals surface area contributed by atoms with Gasteiger partial charge < -0.3 is 5.32 Å². The number of nitrogens with zero attached hydrogens (tertiary/aromatic N) is 2. The molecule has 1 amide bonds. The van der Waals surface area contributed by atoms with E-state index in [9.17, 15) is 9.59 Å². The first-order chi connectivity index (χ1) is 11.1. The molecule has 0 unspecified atom stereocenters. The van der Waals surface area contributed by atoms with Crippen molar-refractivity contribution in [3.63, 3.8) is 0 Å². The zero-order valence-corrected chi connectivity index (χ0v) is 15.4. The summed E-state index contributed by atoms with van der Waals surface area (Å²) in [5.74, 6) is 0.254. The standard InChI is InChI=1S/C16H23N3O2S2/c1-4-6-8-19-15(21)14-12(7-9-22-14)18-16(19)23-10-13(20)17-11(3)5-2/h7,9,11H,4-6,8,10H2,1-3H3,(H,17,20)/t11-/m0/s1. The van der Waals surface area contributed by atoms with Gasteiger partial charge in [0.1, 0.15) is 4.70 Å². The molecule has 0 bridgehead atoms. The second-order valence-corrected chi connectivity index (χ2v) is 7.36. The van der Waals surface area contributed by atoms with E-state index in [4.69, 9.17) is 0 Å². The Labute approximate surface area is 144 Å². The van der Waals surface area contributed by atoms with E-state index < -0.39 is 0 Å². The molecular formula is C16H23N3O2S2. The van der Waals surface area contributed by atoms with Gasteiger partial charge in [-0.3, -0.25) is 14.2 Å². The van der Waals surface area contributed by atoms with Crippen molar-refractivity contribution >= 4 is 39.2 Å². The largest absolute Gasteiger partial charge is 0.353 e. The number of amides is 1. The van der Waals surface area contributed by atoms with Gasteiger partial charge in [-0.25, -0.2) is 4.98 Å². The number of carbonyl (C=O) groups excluding carboxylic acids is 1. The Morgan fingerprint density at radius 1 is 1.48 bits per heavy atom. The lowest BCUT2D eigenvalue weighted by Crippen LogP contribution is -2.33. The van der Waals surface area contributed by atoms with Gasteiger partial charge in [0.2, 0.25) is 5.91 Å². The van der Waals surface area contributed by atoms with Crippen LogP contribution in [0.2, 0.25) is 0 Å². The van der Waals surface area contributed by atoms with E-state index in [1.54, 1.807) is 4.57 Å². The molecule has 0 spiro atoms. The molecule has 0 saturated carbocycles. The molecule has 2 rings (SSSR count). The van der Waals surface area contributed by atoms with Crippen LogP contribution in [0.5, 0.6) is 0 Å². The van der Waals surface area contributed by atoms with Gasteiger partial charge >= 0.3 is 0 Å². The average Bonchev–Trinajstić information content (AvgIpc) is 3.00. The highest BCUT2D eigenvalue weighted by Crippen LogP contribution is 2.21. The molecule has 23 heavy (non-hydrogen) atoms. The number of nitrogens with one attached hydrogen (secondary N) is 1. The molecule has 1 N–H and O–H groups in total. The van der Waals surface area contributed by atoms with E-state index in [1.807, 2.05) is 25.3 Å². The quantitative estimate of drug-likeness (QED) is 0.584. The minimum absolute atomic E-state index is 0.00304. The smallest absolute Gasteiger partial charge is 0.272 e. The second kappa shape index (κ2) is 8.49. The maximum absolute atomic E-state index is 12.6. The number of fused-ring (bicyclic) bond motifs is 1. The van der Waals surface area contributed by atoms with Crippen molar-refractivity contribution in [2.75, 3.05) is 5.75 Å². The van der Waals surface area contributed by atoms with Crippen LogP contribution in [0.25, 0.3) is 10.2 Å². The molecular weight excluding hydrogens is 330 g/mol. The van der Waals surface area contributed by atoms with E-state index in [0.29, 0.717) is 16.4 Å². The van der Waals surface area contributed by atoms with Crippen molar-refractivity contribution < 1.29 is 4.79 Å². The summed E-state index contributed by atoms with van der Waals surface area (Å²) in [5, 5.41) is 5.45. The number of hydrogen-bond acceptors (Lipinski definition) is 5. The molecule has 0 radical (unpaired) electrons. The summed E-state index contributed by atoms with van der Waals surface area (Å²) in [7, 11) is 0. The Morgan fingerprint density at radius 3 is 2.96 bits per heavy atom. The van der Waals surface area contributed by atoms with E-state index in [1.165, 1.54) is 23.1 Å². The molecule has 0 aliphatic rings. The van der Waals surface area contributed by atoms with Crippen LogP contribution in [-0.2, 0) is 11.3 Å². The Balaban J connectivity index is 2.20. The summed E-state index contributed by atoms with van der Waals surface area (Å²) in [6.45, 7) is 6.75. The zero-order chi connectivity index (χ0) is 16.8. The van der Waals surface area contributed by atoms with Crippen molar-refractivity contribution in [3.8, 4) is 0 Å². The fourth-order valence-electron chi connectivity index (χ4n) is 2.10. The van der Waals surface area contributed by atoms with Gasteiger partial charge in [0.15, 0.2) is 5.16 Å². The fourth-order valence-corrected chi connectivity index (χ4v) is 3.71. The summed E-state index contributed by atoms with van der Waals surface area (Å²) >= 11 is 2.76. The topological polar surface area (TPSA) is 64.0 Å². The van der Waals surface area contributed by atoms with Crippen LogP contribution < -0.4 is 10.9 Å². The SMILES string of the molecule is CCCCn1c(SCC(=O)N[C@@H](C)CC)nc2ccsc2c1=O. The van der Waals surface area contributed by atoms with Crippen LogP contribution in [0, 0.1) is 0 Å². The summed E-state index contributed by atoms with van der Waals surface area (Å²) in [6, 6.07) is 2.02. The monoisotopic (exact) mass is 353 g/mol. The molecule has 2 heterocycles. The minimum Gasteiger partial charge on any atom is -0.353 e. The highest BCUT2D eigenvalue weighted by molar-refractivity contribution is 7.99. The Hall–Kier alpha value is -1.34. The average molecular weight is 354 g/mol. The lowest BCUT2D eigenvalue weighted by molar-refractivity contribution is -0.119. The first-order valence-electron chi connectivity index (χ1n) is 7.97. The molecule has 5 nitrogen and oxygen atoms in total. The Bertz CT molecular complexity index is 724. The van der Waals surface area contributed by atoms with Crippen molar-refractivity contribution in [2.45, 2.75) is 57.8 Å². The summed E-state index contributed by atoms with van der Waals surface area (Å²) in [6.07, 6.45) is 2.83. The highest BCUT2D eigenvalue weighted by Gasteiger charge is 2.14. The molecule has 1 atom stereocenters. The van der Waals surface area contributed by atoms with Crippen LogP contribution in [0.1, 0.15) is 40.0 Å². The first kappa shape index (κ1) is 18.0. The predicted octanol–water partition coefficient (Wildman–Crippen LogP) is 3.26. The number of aromatic nitrogens is 2. The lowest BCUT2D eigenvalue weighted by atomic mass is 10.3. The third-order valence-corrected chi connectivity index (χ3v) is 5.49. The van der Waals surface area contributed by atoms with Crippen LogP contribution in [0.3, 0.4) is 0 Å². The molecule has 2 aromatic rings. The van der Waals surface area contributed by atoms with Gasteiger partial charge in [-0.1, -0.05) is 32.0 Å². The third-order valence-electron chi connectivity index (χ3n) is 3.62. The maximum atomic E-state index is 12.6. The molecule has 7 heteroatoms. The third kappa shape index (κ3) is 4.57. The molecule has 0 fully saturated rings. The fraction of sp³-hybridized carbons (Fsp3) is 0.562. The van der Waals surface area contributed by atoms with E-state index in [-0.39, 0.29) is 23.3 Å². The first-order valence-corrected chi connectivity index (χ1v) is 9.83. The number of carbonyl (C=O) groups is 1. The normalized spacial score (nSPS) is 12.5. The second-order valence-electron chi connectivity index (χ2n) is 5.51. The van der Waals surface area contributed by atoms with Crippen LogP contribution >= 0.6 is 23.1 Å². The molecule has 0 aliphatic heterocycles. The molecule has 2 aromatic heterocycles. The van der Waals surface area contributed by atoms with Crippen molar-refractivity contribution in [3.05, 3.63) is 21.8 Å². The highest BCUT2D eigenvalue weighted by atomic mass is 32.2. The Kier molecular flexibility index (Phi) is 6.65. The summed E-state index contributed by atoms with van der Waals surface area (Å²) in [4.78, 5) is 29.1. The van der Waals surface area contributed by atoms with Crippen molar-refractivity contribution in [2.24, 2.45) is 0 Å². The zero-order valence-electron chi connectivity index (χ0n) is 13.8. The lowest BCUT2D eigenvalue weighted by Gasteiger charge is -2.13. The van der Waals surface area contributed by atoms with Crippen LogP contribution in [-0.4, -0.2) is 27.3 Å². The number of hydrogen-bond donors (Lipinski definition) is 1. The Morgan fingerprint density at radius 2 is 2.26 bits per heavy atom. The van der Waals surface area contributed by atoms with Gasteiger partial charge in [0.05, 0.1) is 11.3 Å². The van der Waals surface area contributed by atoms with Crippen molar-refractivity contribution in [1.82, 2.24) is 14.9 Å². The van der Waals surface area contributed by atoms with Crippen molar-refractivity contribution in [1.29, 1.82) is 0 Å². The number of thiophene rings is 1. The summed E-state index contributed by atoms with van der Waals surface area (Å²) in [5.41, 5.74) is 0.723. The molecule has 0 saturated heterocycles. The van der Waals surface area contributed by atoms with Crippen LogP contribution in [0.15, 0.2) is 21.4 Å². The van der Waals surface area contributed by atoms with Gasteiger partial charge in [0.25, 0.3) is 5.56 Å². The predicted molar refractivity (Wildman–Crippen MR) is 97.4 cm³/mol.